The van der Waals surface area contributed by atoms with Crippen molar-refractivity contribution in [3.8, 4) is 0 Å². The molecule has 3 amide bonds. The minimum atomic E-state index is -0.320. The van der Waals surface area contributed by atoms with Gasteiger partial charge in [0.1, 0.15) is 11.5 Å². The van der Waals surface area contributed by atoms with Crippen LogP contribution in [0.3, 0.4) is 0 Å². The number of nitrogens with one attached hydrogen (secondary N) is 1. The number of amides is 3. The van der Waals surface area contributed by atoms with E-state index in [-0.39, 0.29) is 24.3 Å². The van der Waals surface area contributed by atoms with Crippen molar-refractivity contribution in [3.63, 3.8) is 0 Å². The van der Waals surface area contributed by atoms with E-state index < -0.39 is 0 Å². The lowest BCUT2D eigenvalue weighted by Gasteiger charge is -2.29. The second-order valence-corrected chi connectivity index (χ2v) is 7.31. The summed E-state index contributed by atoms with van der Waals surface area (Å²) < 4.78 is 5.35. The van der Waals surface area contributed by atoms with Gasteiger partial charge in [0.15, 0.2) is 0 Å². The fraction of sp³-hybridized carbons (Fsp3) is 0.318. The molecule has 7 heteroatoms. The van der Waals surface area contributed by atoms with Crippen LogP contribution >= 0.6 is 0 Å². The molecule has 4 rings (SSSR count). The van der Waals surface area contributed by atoms with Gasteiger partial charge in [-0.05, 0) is 49.1 Å². The quantitative estimate of drug-likeness (QED) is 0.790. The maximum absolute atomic E-state index is 13.3. The van der Waals surface area contributed by atoms with Crippen LogP contribution in [0.25, 0.3) is 5.57 Å². The number of hydrogen-bond donors (Lipinski definition) is 1. The molecule has 1 aromatic carbocycles. The highest BCUT2D eigenvalue weighted by Crippen LogP contribution is 2.34. The summed E-state index contributed by atoms with van der Waals surface area (Å²) in [5.41, 5.74) is 2.19. The normalized spacial score (nSPS) is 17.3. The van der Waals surface area contributed by atoms with Gasteiger partial charge in [-0.1, -0.05) is 12.1 Å². The third kappa shape index (κ3) is 3.81. The fourth-order valence-corrected chi connectivity index (χ4v) is 3.86. The molecule has 0 unspecified atom stereocenters. The molecule has 0 atom stereocenters. The predicted octanol–water partition coefficient (Wildman–Crippen LogP) is 3.00. The summed E-state index contributed by atoms with van der Waals surface area (Å²) >= 11 is 0. The number of likely N-dealkylation sites (tertiary alicyclic amines) is 1. The number of rotatable bonds is 5. The van der Waals surface area contributed by atoms with E-state index in [1.165, 1.54) is 18.1 Å². The highest BCUT2D eigenvalue weighted by Gasteiger charge is 2.42. The van der Waals surface area contributed by atoms with Gasteiger partial charge in [0.2, 0.25) is 5.91 Å². The Morgan fingerprint density at radius 3 is 2.38 bits per heavy atom. The van der Waals surface area contributed by atoms with Gasteiger partial charge >= 0.3 is 0 Å². The molecule has 0 bridgehead atoms. The first-order valence-corrected chi connectivity index (χ1v) is 9.80. The van der Waals surface area contributed by atoms with Crippen molar-refractivity contribution >= 4 is 29.0 Å². The van der Waals surface area contributed by atoms with Crippen LogP contribution in [0.5, 0.6) is 0 Å². The summed E-state index contributed by atoms with van der Waals surface area (Å²) in [7, 11) is 0. The Balaban J connectivity index is 1.70. The lowest BCUT2D eigenvalue weighted by Crippen LogP contribution is -2.36. The van der Waals surface area contributed by atoms with E-state index in [2.05, 4.69) is 5.32 Å². The molecule has 1 N–H and O–H groups in total. The van der Waals surface area contributed by atoms with Gasteiger partial charge in [-0.3, -0.25) is 19.3 Å². The van der Waals surface area contributed by atoms with Crippen LogP contribution in [0, 0.1) is 0 Å². The van der Waals surface area contributed by atoms with Crippen molar-refractivity contribution in [2.75, 3.05) is 18.4 Å². The molecule has 1 fully saturated rings. The average molecular weight is 393 g/mol. The van der Waals surface area contributed by atoms with Crippen LogP contribution in [0.1, 0.15) is 37.5 Å². The van der Waals surface area contributed by atoms with E-state index in [1.807, 2.05) is 4.90 Å². The fourth-order valence-electron chi connectivity index (χ4n) is 3.86. The Kier molecular flexibility index (Phi) is 5.20. The second-order valence-electron chi connectivity index (χ2n) is 7.31. The van der Waals surface area contributed by atoms with Crippen LogP contribution in [0.15, 0.2) is 52.8 Å². The smallest absolute Gasteiger partial charge is 0.278 e. The van der Waals surface area contributed by atoms with E-state index in [1.54, 1.807) is 36.4 Å². The monoisotopic (exact) mass is 393 g/mol. The third-order valence-corrected chi connectivity index (χ3v) is 5.20. The van der Waals surface area contributed by atoms with Gasteiger partial charge in [0.25, 0.3) is 11.8 Å². The lowest BCUT2D eigenvalue weighted by atomic mass is 10.0. The summed E-state index contributed by atoms with van der Waals surface area (Å²) in [6, 6.07) is 10.5. The molecule has 1 saturated heterocycles. The first kappa shape index (κ1) is 19.0. The molecule has 1 aromatic heterocycles. The van der Waals surface area contributed by atoms with Crippen molar-refractivity contribution in [1.29, 1.82) is 0 Å². The molecule has 3 heterocycles. The Morgan fingerprint density at radius 2 is 1.76 bits per heavy atom. The van der Waals surface area contributed by atoms with Crippen molar-refractivity contribution in [2.45, 2.75) is 32.7 Å². The zero-order valence-electron chi connectivity index (χ0n) is 16.3. The molecule has 29 heavy (non-hydrogen) atoms. The lowest BCUT2D eigenvalue weighted by molar-refractivity contribution is -0.138. The van der Waals surface area contributed by atoms with Crippen LogP contribution in [0.4, 0.5) is 5.69 Å². The number of imide groups is 1. The summed E-state index contributed by atoms with van der Waals surface area (Å²) in [6.07, 6.45) is 4.65. The Morgan fingerprint density at radius 1 is 1.03 bits per heavy atom. The molecule has 0 radical (unpaired) electrons. The first-order valence-electron chi connectivity index (χ1n) is 9.80. The molecule has 2 aliphatic heterocycles. The number of carbonyl (C=O) groups is 3. The van der Waals surface area contributed by atoms with Crippen molar-refractivity contribution in [1.82, 2.24) is 9.80 Å². The van der Waals surface area contributed by atoms with E-state index >= 15 is 0 Å². The van der Waals surface area contributed by atoms with Crippen molar-refractivity contribution < 1.29 is 18.8 Å². The van der Waals surface area contributed by atoms with Gasteiger partial charge < -0.3 is 14.6 Å². The van der Waals surface area contributed by atoms with E-state index in [0.717, 1.165) is 32.4 Å². The third-order valence-electron chi connectivity index (χ3n) is 5.20. The standard InChI is InChI=1S/C22H23N3O4/c1-15(26)23-17-9-7-16(8-10-17)19-20(24-11-3-2-4-12-24)22(28)25(21(19)27)14-18-6-5-13-29-18/h5-10,13H,2-4,11-12,14H2,1H3,(H,23,26). The minimum absolute atomic E-state index is 0.107. The first-order chi connectivity index (χ1) is 14.0. The molecule has 2 aliphatic rings. The number of furan rings is 1. The van der Waals surface area contributed by atoms with Gasteiger partial charge in [-0.2, -0.15) is 0 Å². The summed E-state index contributed by atoms with van der Waals surface area (Å²) in [4.78, 5) is 41.1. The van der Waals surface area contributed by atoms with Crippen LogP contribution in [-0.2, 0) is 20.9 Å². The molecule has 0 aliphatic carbocycles. The van der Waals surface area contributed by atoms with Crippen LogP contribution < -0.4 is 5.32 Å². The molecular formula is C22H23N3O4. The van der Waals surface area contributed by atoms with Crippen molar-refractivity contribution in [3.05, 3.63) is 59.7 Å². The highest BCUT2D eigenvalue weighted by atomic mass is 16.3. The van der Waals surface area contributed by atoms with Gasteiger partial charge in [0.05, 0.1) is 18.4 Å². The zero-order chi connectivity index (χ0) is 20.4. The largest absolute Gasteiger partial charge is 0.467 e. The van der Waals surface area contributed by atoms with E-state index in [4.69, 9.17) is 4.42 Å². The maximum Gasteiger partial charge on any atom is 0.278 e. The number of hydrogen-bond acceptors (Lipinski definition) is 5. The minimum Gasteiger partial charge on any atom is -0.467 e. The molecule has 150 valence electrons. The van der Waals surface area contributed by atoms with Gasteiger partial charge in [0, 0.05) is 25.7 Å². The average Bonchev–Trinajstić information content (AvgIpc) is 3.31. The molecular weight excluding hydrogens is 370 g/mol. The number of benzene rings is 1. The number of piperidine rings is 1. The maximum atomic E-state index is 13.3. The Hall–Kier alpha value is -3.35. The Labute approximate surface area is 169 Å². The van der Waals surface area contributed by atoms with Crippen LogP contribution in [-0.4, -0.2) is 40.6 Å². The highest BCUT2D eigenvalue weighted by molar-refractivity contribution is 6.35. The summed E-state index contributed by atoms with van der Waals surface area (Å²) in [6.45, 7) is 3.07. The van der Waals surface area contributed by atoms with Gasteiger partial charge in [-0.15, -0.1) is 0 Å². The topological polar surface area (TPSA) is 82.9 Å². The van der Waals surface area contributed by atoms with Crippen LogP contribution in [0.2, 0.25) is 0 Å². The molecule has 7 nitrogen and oxygen atoms in total. The number of nitrogens with zero attached hydrogens (tertiary/aromatic N) is 2. The SMILES string of the molecule is CC(=O)Nc1ccc(C2=C(N3CCCCC3)C(=O)N(Cc3ccco3)C2=O)cc1. The van der Waals surface area contributed by atoms with E-state index in [0.29, 0.717) is 28.3 Å². The summed E-state index contributed by atoms with van der Waals surface area (Å²) in [5.74, 6) is -0.205. The Bertz CT molecular complexity index is 954. The number of anilines is 1. The number of carbonyl (C=O) groups excluding carboxylic acids is 3. The van der Waals surface area contributed by atoms with Crippen molar-refractivity contribution in [2.24, 2.45) is 0 Å². The summed E-state index contributed by atoms with van der Waals surface area (Å²) in [5, 5.41) is 2.72. The zero-order valence-corrected chi connectivity index (χ0v) is 16.3. The predicted molar refractivity (Wildman–Crippen MR) is 107 cm³/mol. The van der Waals surface area contributed by atoms with E-state index in [9.17, 15) is 14.4 Å². The van der Waals surface area contributed by atoms with Gasteiger partial charge in [-0.25, -0.2) is 0 Å². The molecule has 0 spiro atoms. The second kappa shape index (κ2) is 7.95. The molecule has 0 saturated carbocycles. The molecule has 2 aromatic rings.